The number of carboxylic acids is 5. The molecule has 3 unspecified atom stereocenters. The minimum atomic E-state index is -1.29. The third-order valence-corrected chi connectivity index (χ3v) is 3.75. The van der Waals surface area contributed by atoms with Gasteiger partial charge in [0.05, 0.1) is 6.42 Å². The molecule has 14 N–H and O–H groups in total. The lowest BCUT2D eigenvalue weighted by molar-refractivity contribution is -0.144. The van der Waals surface area contributed by atoms with Gasteiger partial charge in [0.2, 0.25) is 0 Å². The standard InChI is InChI=1S/C6H14N2O2.C5H9NO2.C4H7NO4.C3H7NO2/c7-4-2-1-3-5(8)6(9)10;7-5(8)4-2-1-3-6-4;5-2(4(8)9)1-3(6)7;1-2(4)3(5)6/h5H,1-4,7-8H2,(H,9,10);4,6H,1-3H2,(H,7,8);2H,1,5H2,(H,6,7)(H,8,9);2H,4H2,1H3,(H,5,6)/t;4-;;/m.0../s1. The van der Waals surface area contributed by atoms with Crippen molar-refractivity contribution < 1.29 is 49.5 Å². The van der Waals surface area contributed by atoms with E-state index >= 15 is 0 Å². The van der Waals surface area contributed by atoms with Crippen molar-refractivity contribution in [2.45, 2.75) is 69.6 Å². The normalized spacial score (nSPS) is 16.7. The summed E-state index contributed by atoms with van der Waals surface area (Å²) in [5, 5.41) is 43.4. The zero-order valence-electron chi connectivity index (χ0n) is 18.6. The minimum absolute atomic E-state index is 0.269. The lowest BCUT2D eigenvalue weighted by atomic mass is 10.1. The molecule has 194 valence electrons. The topological polar surface area (TPSA) is 303 Å². The van der Waals surface area contributed by atoms with Gasteiger partial charge in [0.1, 0.15) is 24.2 Å². The van der Waals surface area contributed by atoms with Gasteiger partial charge in [-0.05, 0) is 45.7 Å². The summed E-state index contributed by atoms with van der Waals surface area (Å²) in [4.78, 5) is 49.5. The first-order valence-corrected chi connectivity index (χ1v) is 10.00. The van der Waals surface area contributed by atoms with E-state index in [1.807, 2.05) is 0 Å². The summed E-state index contributed by atoms with van der Waals surface area (Å²) in [7, 11) is 0. The summed E-state index contributed by atoms with van der Waals surface area (Å²) in [6.45, 7) is 2.88. The molecule has 0 bridgehead atoms. The zero-order chi connectivity index (χ0) is 26.6. The van der Waals surface area contributed by atoms with Crippen molar-refractivity contribution >= 4 is 29.8 Å². The summed E-state index contributed by atoms with van der Waals surface area (Å²) in [6.07, 6.45) is 3.42. The molecule has 0 amide bonds. The lowest BCUT2D eigenvalue weighted by Crippen LogP contribution is -2.32. The van der Waals surface area contributed by atoms with Gasteiger partial charge in [-0.25, -0.2) is 0 Å². The molecule has 1 aliphatic heterocycles. The first kappa shape index (κ1) is 34.8. The molecule has 33 heavy (non-hydrogen) atoms. The van der Waals surface area contributed by atoms with Crippen LogP contribution in [0.4, 0.5) is 0 Å². The fraction of sp³-hybridized carbons (Fsp3) is 0.722. The van der Waals surface area contributed by atoms with E-state index < -0.39 is 54.4 Å². The van der Waals surface area contributed by atoms with E-state index in [-0.39, 0.29) is 6.04 Å². The van der Waals surface area contributed by atoms with Crippen LogP contribution in [0.15, 0.2) is 0 Å². The number of rotatable bonds is 10. The van der Waals surface area contributed by atoms with Crippen LogP contribution >= 0.6 is 0 Å². The molecule has 1 aliphatic rings. The van der Waals surface area contributed by atoms with Gasteiger partial charge in [-0.2, -0.15) is 0 Å². The molecular weight excluding hydrogens is 446 g/mol. The Bertz CT molecular complexity index is 597. The van der Waals surface area contributed by atoms with Crippen molar-refractivity contribution in [2.24, 2.45) is 22.9 Å². The molecule has 0 radical (unpaired) electrons. The molecule has 15 heteroatoms. The minimum Gasteiger partial charge on any atom is -0.481 e. The Labute approximate surface area is 191 Å². The monoisotopic (exact) mass is 483 g/mol. The van der Waals surface area contributed by atoms with Crippen LogP contribution in [0.25, 0.3) is 0 Å². The van der Waals surface area contributed by atoms with Crippen molar-refractivity contribution in [1.29, 1.82) is 0 Å². The summed E-state index contributed by atoms with van der Waals surface area (Å²) in [6, 6.07) is -3.01. The Hall–Kier alpha value is -2.85. The Kier molecular flexibility index (Phi) is 22.1. The lowest BCUT2D eigenvalue weighted by Gasteiger charge is -2.03. The highest BCUT2D eigenvalue weighted by Crippen LogP contribution is 2.03. The van der Waals surface area contributed by atoms with Gasteiger partial charge in [0.25, 0.3) is 0 Å². The number of nitrogens with two attached hydrogens (primary N) is 4. The van der Waals surface area contributed by atoms with E-state index in [0.29, 0.717) is 13.0 Å². The van der Waals surface area contributed by atoms with E-state index in [1.54, 1.807) is 0 Å². The molecule has 15 nitrogen and oxygen atoms in total. The van der Waals surface area contributed by atoms with Crippen LogP contribution in [-0.4, -0.2) is 92.6 Å². The van der Waals surface area contributed by atoms with E-state index in [4.69, 9.17) is 48.5 Å². The van der Waals surface area contributed by atoms with Gasteiger partial charge in [-0.1, -0.05) is 6.42 Å². The smallest absolute Gasteiger partial charge is 0.321 e. The van der Waals surface area contributed by atoms with E-state index in [2.05, 4.69) is 5.32 Å². The largest absolute Gasteiger partial charge is 0.481 e. The summed E-state index contributed by atoms with van der Waals surface area (Å²) in [5.74, 6) is -5.11. The first-order valence-electron chi connectivity index (χ1n) is 10.00. The molecule has 4 atom stereocenters. The average molecular weight is 484 g/mol. The summed E-state index contributed by atoms with van der Waals surface area (Å²) < 4.78 is 0. The molecule has 0 saturated carbocycles. The van der Waals surface area contributed by atoms with Crippen LogP contribution in [0.2, 0.25) is 0 Å². The second kappa shape index (κ2) is 21.0. The Morgan fingerprint density at radius 3 is 1.58 bits per heavy atom. The fourth-order valence-electron chi connectivity index (χ4n) is 1.80. The van der Waals surface area contributed by atoms with Gasteiger partial charge >= 0.3 is 29.8 Å². The molecular formula is C18H37N5O10. The maximum atomic E-state index is 10.1. The SMILES string of the molecule is CC(N)C(=O)O.NC(CC(=O)O)C(=O)O.NCCCCC(N)C(=O)O.O=C(O)[C@@H]1CCCN1. The quantitative estimate of drug-likeness (QED) is 0.145. The second-order valence-electron chi connectivity index (χ2n) is 6.89. The molecule has 0 aromatic carbocycles. The first-order chi connectivity index (χ1) is 15.2. The van der Waals surface area contributed by atoms with Crippen LogP contribution in [0, 0.1) is 0 Å². The number of unbranched alkanes of at least 4 members (excludes halogenated alkanes) is 1. The van der Waals surface area contributed by atoms with Crippen molar-refractivity contribution in [3.63, 3.8) is 0 Å². The third kappa shape index (κ3) is 25.3. The van der Waals surface area contributed by atoms with Gasteiger partial charge < -0.3 is 53.8 Å². The van der Waals surface area contributed by atoms with Gasteiger partial charge in [0.15, 0.2) is 0 Å². The van der Waals surface area contributed by atoms with Crippen LogP contribution in [0.5, 0.6) is 0 Å². The maximum absolute atomic E-state index is 10.1. The van der Waals surface area contributed by atoms with Crippen LogP contribution in [-0.2, 0) is 24.0 Å². The average Bonchev–Trinajstić information content (AvgIpc) is 3.24. The molecule has 1 rings (SSSR count). The van der Waals surface area contributed by atoms with Crippen molar-refractivity contribution in [3.8, 4) is 0 Å². The molecule has 1 heterocycles. The molecule has 0 aliphatic carbocycles. The van der Waals surface area contributed by atoms with E-state index in [0.717, 1.165) is 32.2 Å². The number of aliphatic carboxylic acids is 5. The summed E-state index contributed by atoms with van der Waals surface area (Å²) in [5.41, 5.74) is 20.1. The molecule has 0 aromatic heterocycles. The van der Waals surface area contributed by atoms with Crippen LogP contribution < -0.4 is 28.3 Å². The molecule has 0 spiro atoms. The van der Waals surface area contributed by atoms with E-state index in [9.17, 15) is 24.0 Å². The highest BCUT2D eigenvalue weighted by atomic mass is 16.4. The van der Waals surface area contributed by atoms with Gasteiger partial charge in [0, 0.05) is 0 Å². The summed E-state index contributed by atoms with van der Waals surface area (Å²) >= 11 is 0. The predicted molar refractivity (Wildman–Crippen MR) is 116 cm³/mol. The molecule has 1 fully saturated rings. The van der Waals surface area contributed by atoms with E-state index in [1.165, 1.54) is 6.92 Å². The molecule has 0 aromatic rings. The highest BCUT2D eigenvalue weighted by molar-refractivity contribution is 5.80. The Morgan fingerprint density at radius 2 is 1.36 bits per heavy atom. The zero-order valence-corrected chi connectivity index (χ0v) is 18.6. The number of hydrogen-bond acceptors (Lipinski definition) is 10. The second-order valence-corrected chi connectivity index (χ2v) is 6.89. The van der Waals surface area contributed by atoms with Crippen LogP contribution in [0.1, 0.15) is 45.4 Å². The van der Waals surface area contributed by atoms with Gasteiger partial charge in [-0.15, -0.1) is 0 Å². The van der Waals surface area contributed by atoms with Crippen molar-refractivity contribution in [1.82, 2.24) is 5.32 Å². The van der Waals surface area contributed by atoms with Gasteiger partial charge in [-0.3, -0.25) is 24.0 Å². The Morgan fingerprint density at radius 1 is 0.879 bits per heavy atom. The third-order valence-electron chi connectivity index (χ3n) is 3.75. The number of carbonyl (C=O) groups is 5. The Balaban J connectivity index is -0.000000369. The molecule has 1 saturated heterocycles. The fourth-order valence-corrected chi connectivity index (χ4v) is 1.80. The van der Waals surface area contributed by atoms with Crippen molar-refractivity contribution in [2.75, 3.05) is 13.1 Å². The number of nitrogens with one attached hydrogen (secondary N) is 1. The number of hydrogen-bond donors (Lipinski definition) is 10. The van der Waals surface area contributed by atoms with Crippen molar-refractivity contribution in [3.05, 3.63) is 0 Å². The van der Waals surface area contributed by atoms with Crippen LogP contribution in [0.3, 0.4) is 0 Å². The predicted octanol–water partition coefficient (Wildman–Crippen LogP) is -2.36. The highest BCUT2D eigenvalue weighted by Gasteiger charge is 2.20. The number of carboxylic acid groups (broad SMARTS) is 5. The maximum Gasteiger partial charge on any atom is 0.321 e.